The van der Waals surface area contributed by atoms with Gasteiger partial charge in [0, 0.05) is 22.0 Å². The molecule has 0 saturated heterocycles. The molecule has 196 valence electrons. The van der Waals surface area contributed by atoms with Crippen LogP contribution in [0.15, 0.2) is 106 Å². The number of aromatic nitrogens is 1. The Kier molecular flexibility index (Phi) is 6.07. The summed E-state index contributed by atoms with van der Waals surface area (Å²) >= 11 is 0. The van der Waals surface area contributed by atoms with Gasteiger partial charge in [0.2, 0.25) is 0 Å². The maximum absolute atomic E-state index is 13.7. The molecule has 6 aromatic rings. The molecule has 0 saturated carbocycles. The first-order chi connectivity index (χ1) is 18.7. The SMILES string of the molecule is Cc1ccc(S(=O)(=O)Nc2c(C(c3ccccc3)n3c(C)c(C)c4cc(C)ccc43)oc3ccccc23)cc1. The highest BCUT2D eigenvalue weighted by atomic mass is 32.2. The standard InChI is InChI=1S/C33H30N2O3S/c1-21-14-17-26(18-15-21)39(36,37)34-31-27-12-8-9-13-30(27)38-33(31)32(25-10-6-5-7-11-25)35-24(4)23(3)28-20-22(2)16-19-29(28)35/h5-20,32,34H,1-4H3. The average molecular weight is 535 g/mol. The monoisotopic (exact) mass is 534 g/mol. The molecular formula is C33H30N2O3S. The van der Waals surface area contributed by atoms with Crippen molar-refractivity contribution in [2.75, 3.05) is 4.72 Å². The number of sulfonamides is 1. The van der Waals surface area contributed by atoms with Crippen molar-refractivity contribution in [3.8, 4) is 0 Å². The molecule has 1 unspecified atom stereocenters. The highest BCUT2D eigenvalue weighted by Gasteiger charge is 2.31. The fourth-order valence-corrected chi connectivity index (χ4v) is 6.47. The van der Waals surface area contributed by atoms with Gasteiger partial charge in [-0.25, -0.2) is 8.42 Å². The van der Waals surface area contributed by atoms with Gasteiger partial charge in [-0.1, -0.05) is 71.8 Å². The van der Waals surface area contributed by atoms with Crippen LogP contribution in [0.1, 0.15) is 39.7 Å². The Bertz CT molecular complexity index is 1930. The second-order valence-electron chi connectivity index (χ2n) is 10.2. The highest BCUT2D eigenvalue weighted by molar-refractivity contribution is 7.92. The Morgan fingerprint density at radius 1 is 0.744 bits per heavy atom. The van der Waals surface area contributed by atoms with Gasteiger partial charge in [-0.05, 0) is 75.2 Å². The predicted octanol–water partition coefficient (Wildman–Crippen LogP) is 8.06. The molecule has 0 spiro atoms. The van der Waals surface area contributed by atoms with E-state index in [2.05, 4.69) is 60.4 Å². The third kappa shape index (κ3) is 4.31. The van der Waals surface area contributed by atoms with Crippen LogP contribution in [-0.2, 0) is 10.0 Å². The lowest BCUT2D eigenvalue weighted by atomic mass is 10.0. The van der Waals surface area contributed by atoms with E-state index >= 15 is 0 Å². The normalized spacial score (nSPS) is 12.7. The molecule has 0 radical (unpaired) electrons. The Hall–Kier alpha value is -4.29. The van der Waals surface area contributed by atoms with Crippen molar-refractivity contribution < 1.29 is 12.8 Å². The fourth-order valence-electron chi connectivity index (χ4n) is 5.38. The number of aryl methyl sites for hydroxylation is 3. The maximum Gasteiger partial charge on any atom is 0.262 e. The minimum Gasteiger partial charge on any atom is -0.456 e. The topological polar surface area (TPSA) is 64.2 Å². The number of fused-ring (bicyclic) bond motifs is 2. The molecule has 0 amide bonds. The molecule has 1 atom stereocenters. The summed E-state index contributed by atoms with van der Waals surface area (Å²) in [7, 11) is -3.88. The van der Waals surface area contributed by atoms with E-state index < -0.39 is 16.1 Å². The van der Waals surface area contributed by atoms with Gasteiger partial charge in [-0.15, -0.1) is 0 Å². The molecule has 5 nitrogen and oxygen atoms in total. The summed E-state index contributed by atoms with van der Waals surface area (Å²) in [6.07, 6.45) is 0. The van der Waals surface area contributed by atoms with Crippen LogP contribution in [0.2, 0.25) is 0 Å². The summed E-state index contributed by atoms with van der Waals surface area (Å²) in [5.41, 5.74) is 7.60. The summed E-state index contributed by atoms with van der Waals surface area (Å²) < 4.78 is 39.1. The number of hydrogen-bond acceptors (Lipinski definition) is 3. The number of nitrogens with zero attached hydrogens (tertiary/aromatic N) is 1. The lowest BCUT2D eigenvalue weighted by molar-refractivity contribution is 0.492. The van der Waals surface area contributed by atoms with Gasteiger partial charge in [0.05, 0.1) is 4.90 Å². The largest absolute Gasteiger partial charge is 0.456 e. The van der Waals surface area contributed by atoms with Crippen LogP contribution >= 0.6 is 0 Å². The Balaban J connectivity index is 1.64. The summed E-state index contributed by atoms with van der Waals surface area (Å²) in [6.45, 7) is 8.27. The summed E-state index contributed by atoms with van der Waals surface area (Å²) in [4.78, 5) is 0.203. The van der Waals surface area contributed by atoms with E-state index in [1.54, 1.807) is 24.3 Å². The first-order valence-electron chi connectivity index (χ1n) is 13.0. The zero-order valence-electron chi connectivity index (χ0n) is 22.4. The minimum atomic E-state index is -3.88. The lowest BCUT2D eigenvalue weighted by Gasteiger charge is -2.23. The first-order valence-corrected chi connectivity index (χ1v) is 14.5. The quantitative estimate of drug-likeness (QED) is 0.235. The van der Waals surface area contributed by atoms with Crippen molar-refractivity contribution in [2.24, 2.45) is 0 Å². The van der Waals surface area contributed by atoms with Crippen molar-refractivity contribution in [2.45, 2.75) is 38.6 Å². The summed E-state index contributed by atoms with van der Waals surface area (Å²) in [5.74, 6) is 0.540. The molecule has 1 N–H and O–H groups in total. The van der Waals surface area contributed by atoms with Crippen LogP contribution in [0.25, 0.3) is 21.9 Å². The van der Waals surface area contributed by atoms with Crippen LogP contribution in [0, 0.1) is 27.7 Å². The number of benzene rings is 4. The number of hydrogen-bond donors (Lipinski definition) is 1. The average Bonchev–Trinajstić information content (AvgIpc) is 3.40. The molecular weight excluding hydrogens is 504 g/mol. The van der Waals surface area contributed by atoms with Crippen molar-refractivity contribution >= 4 is 37.6 Å². The molecule has 6 rings (SSSR count). The molecule has 4 aromatic carbocycles. The molecule has 2 heterocycles. The zero-order valence-corrected chi connectivity index (χ0v) is 23.2. The van der Waals surface area contributed by atoms with E-state index in [4.69, 9.17) is 4.42 Å². The number of furan rings is 1. The van der Waals surface area contributed by atoms with Crippen LogP contribution in [-0.4, -0.2) is 13.0 Å². The van der Waals surface area contributed by atoms with E-state index in [9.17, 15) is 8.42 Å². The second-order valence-corrected chi connectivity index (χ2v) is 11.9. The Labute approximate surface area is 228 Å². The fraction of sp³-hybridized carbons (Fsp3) is 0.152. The van der Waals surface area contributed by atoms with Gasteiger partial charge < -0.3 is 8.98 Å². The molecule has 39 heavy (non-hydrogen) atoms. The molecule has 6 heteroatoms. The predicted molar refractivity (Wildman–Crippen MR) is 158 cm³/mol. The zero-order chi connectivity index (χ0) is 27.3. The second kappa shape index (κ2) is 9.47. The molecule has 0 aliphatic rings. The number of para-hydroxylation sites is 1. The van der Waals surface area contributed by atoms with Crippen LogP contribution < -0.4 is 4.72 Å². The van der Waals surface area contributed by atoms with Crippen LogP contribution in [0.4, 0.5) is 5.69 Å². The molecule has 0 bridgehead atoms. The van der Waals surface area contributed by atoms with Crippen molar-refractivity contribution in [3.05, 3.63) is 131 Å². The third-order valence-electron chi connectivity index (χ3n) is 7.53. The first kappa shape index (κ1) is 25.0. The smallest absolute Gasteiger partial charge is 0.262 e. The number of rotatable bonds is 6. The van der Waals surface area contributed by atoms with Crippen molar-refractivity contribution in [1.29, 1.82) is 0 Å². The maximum atomic E-state index is 13.7. The summed E-state index contributed by atoms with van der Waals surface area (Å²) in [6, 6.07) is 30.6. The van der Waals surface area contributed by atoms with Crippen molar-refractivity contribution in [3.63, 3.8) is 0 Å². The third-order valence-corrected chi connectivity index (χ3v) is 8.90. The van der Waals surface area contributed by atoms with Gasteiger partial charge in [-0.3, -0.25) is 4.72 Å². The molecule has 0 fully saturated rings. The number of anilines is 1. The van der Waals surface area contributed by atoms with E-state index in [-0.39, 0.29) is 4.90 Å². The molecule has 0 aliphatic carbocycles. The molecule has 2 aromatic heterocycles. The Morgan fingerprint density at radius 2 is 1.41 bits per heavy atom. The minimum absolute atomic E-state index is 0.203. The van der Waals surface area contributed by atoms with Gasteiger partial charge in [-0.2, -0.15) is 0 Å². The van der Waals surface area contributed by atoms with Crippen molar-refractivity contribution in [1.82, 2.24) is 4.57 Å². The van der Waals surface area contributed by atoms with E-state index in [0.717, 1.165) is 22.3 Å². The van der Waals surface area contributed by atoms with Gasteiger partial charge in [0.15, 0.2) is 5.76 Å². The van der Waals surface area contributed by atoms with E-state index in [1.165, 1.54) is 16.5 Å². The van der Waals surface area contributed by atoms with Crippen LogP contribution in [0.3, 0.4) is 0 Å². The van der Waals surface area contributed by atoms with Gasteiger partial charge >= 0.3 is 0 Å². The summed E-state index contributed by atoms with van der Waals surface area (Å²) in [5, 5.41) is 1.89. The lowest BCUT2D eigenvalue weighted by Crippen LogP contribution is -2.18. The van der Waals surface area contributed by atoms with E-state index in [0.29, 0.717) is 22.4 Å². The van der Waals surface area contributed by atoms with E-state index in [1.807, 2.05) is 49.4 Å². The van der Waals surface area contributed by atoms with Gasteiger partial charge in [0.25, 0.3) is 10.0 Å². The Morgan fingerprint density at radius 3 is 2.15 bits per heavy atom. The highest BCUT2D eigenvalue weighted by Crippen LogP contribution is 2.43. The van der Waals surface area contributed by atoms with Gasteiger partial charge in [0.1, 0.15) is 17.3 Å². The van der Waals surface area contributed by atoms with Crippen LogP contribution in [0.5, 0.6) is 0 Å². The number of nitrogens with one attached hydrogen (secondary N) is 1. The molecule has 0 aliphatic heterocycles.